The van der Waals surface area contributed by atoms with Crippen molar-refractivity contribution in [3.63, 3.8) is 0 Å². The second kappa shape index (κ2) is 6.04. The van der Waals surface area contributed by atoms with Gasteiger partial charge in [0.2, 0.25) is 0 Å². The molecule has 5 nitrogen and oxygen atoms in total. The number of hydrogen-bond donors (Lipinski definition) is 3. The Kier molecular flexibility index (Phi) is 4.18. The molecule has 0 fully saturated rings. The fourth-order valence-corrected chi connectivity index (χ4v) is 1.84. The molecule has 1 amide bonds. The van der Waals surface area contributed by atoms with Crippen LogP contribution in [-0.2, 0) is 6.54 Å². The van der Waals surface area contributed by atoms with Gasteiger partial charge >= 0.3 is 0 Å². The standard InChI is InChI=1S/C14H18N4O/c1-3-15-12-5-4-10(2)8-11(12)14(19)18-9-13-16-6-7-17-13/h4-8,15H,3,9H2,1-2H3,(H,16,17)(H,18,19). The molecule has 0 aliphatic rings. The van der Waals surface area contributed by atoms with E-state index in [1.54, 1.807) is 12.4 Å². The second-order valence-electron chi connectivity index (χ2n) is 4.30. The molecule has 100 valence electrons. The Morgan fingerprint density at radius 2 is 2.26 bits per heavy atom. The number of aromatic nitrogens is 2. The third kappa shape index (κ3) is 3.34. The Bertz CT molecular complexity index is 549. The Morgan fingerprint density at radius 1 is 1.42 bits per heavy atom. The predicted molar refractivity (Wildman–Crippen MR) is 75.1 cm³/mol. The van der Waals surface area contributed by atoms with E-state index in [-0.39, 0.29) is 5.91 Å². The molecule has 0 saturated heterocycles. The zero-order chi connectivity index (χ0) is 13.7. The van der Waals surface area contributed by atoms with Crippen LogP contribution in [0.25, 0.3) is 0 Å². The molecule has 1 heterocycles. The maximum atomic E-state index is 12.2. The highest BCUT2D eigenvalue weighted by atomic mass is 16.1. The number of nitrogens with zero attached hydrogens (tertiary/aromatic N) is 1. The Labute approximate surface area is 112 Å². The number of rotatable bonds is 5. The molecule has 1 aromatic heterocycles. The summed E-state index contributed by atoms with van der Waals surface area (Å²) in [6.07, 6.45) is 3.40. The molecular formula is C14H18N4O. The van der Waals surface area contributed by atoms with E-state index in [1.807, 2.05) is 32.0 Å². The normalized spacial score (nSPS) is 10.2. The molecule has 0 saturated carbocycles. The molecule has 1 aromatic carbocycles. The maximum Gasteiger partial charge on any atom is 0.253 e. The van der Waals surface area contributed by atoms with Crippen LogP contribution in [0.1, 0.15) is 28.7 Å². The highest BCUT2D eigenvalue weighted by Gasteiger charge is 2.11. The topological polar surface area (TPSA) is 69.8 Å². The number of aromatic amines is 1. The summed E-state index contributed by atoms with van der Waals surface area (Å²) in [7, 11) is 0. The van der Waals surface area contributed by atoms with Crippen LogP contribution in [0.15, 0.2) is 30.6 Å². The average Bonchev–Trinajstić information content (AvgIpc) is 2.91. The number of carbonyl (C=O) groups excluding carboxylic acids is 1. The van der Waals surface area contributed by atoms with Crippen LogP contribution < -0.4 is 10.6 Å². The molecule has 0 spiro atoms. The molecule has 0 aliphatic heterocycles. The van der Waals surface area contributed by atoms with Gasteiger partial charge < -0.3 is 15.6 Å². The molecule has 0 bridgehead atoms. The summed E-state index contributed by atoms with van der Waals surface area (Å²) in [5.41, 5.74) is 2.57. The summed E-state index contributed by atoms with van der Waals surface area (Å²) in [6.45, 7) is 5.15. The highest BCUT2D eigenvalue weighted by molar-refractivity contribution is 5.99. The van der Waals surface area contributed by atoms with Gasteiger partial charge in [-0.15, -0.1) is 0 Å². The van der Waals surface area contributed by atoms with E-state index in [4.69, 9.17) is 0 Å². The molecule has 3 N–H and O–H groups in total. The van der Waals surface area contributed by atoms with E-state index in [2.05, 4.69) is 20.6 Å². The fourth-order valence-electron chi connectivity index (χ4n) is 1.84. The van der Waals surface area contributed by atoms with Crippen molar-refractivity contribution in [1.82, 2.24) is 15.3 Å². The lowest BCUT2D eigenvalue weighted by molar-refractivity contribution is 0.0950. The lowest BCUT2D eigenvalue weighted by Crippen LogP contribution is -2.24. The molecule has 0 aliphatic carbocycles. The van der Waals surface area contributed by atoms with Gasteiger partial charge in [0.25, 0.3) is 5.91 Å². The number of aryl methyl sites for hydroxylation is 1. The molecule has 2 rings (SSSR count). The van der Waals surface area contributed by atoms with Crippen LogP contribution in [0.5, 0.6) is 0 Å². The van der Waals surface area contributed by atoms with Crippen LogP contribution in [-0.4, -0.2) is 22.4 Å². The fraction of sp³-hybridized carbons (Fsp3) is 0.286. The van der Waals surface area contributed by atoms with E-state index < -0.39 is 0 Å². The minimum absolute atomic E-state index is 0.101. The van der Waals surface area contributed by atoms with Gasteiger partial charge in [-0.05, 0) is 26.0 Å². The number of benzene rings is 1. The van der Waals surface area contributed by atoms with Gasteiger partial charge in [-0.2, -0.15) is 0 Å². The minimum Gasteiger partial charge on any atom is -0.385 e. The summed E-state index contributed by atoms with van der Waals surface area (Å²) in [5, 5.41) is 6.05. The Hall–Kier alpha value is -2.30. The summed E-state index contributed by atoms with van der Waals surface area (Å²) in [5.74, 6) is 0.641. The lowest BCUT2D eigenvalue weighted by atomic mass is 10.1. The largest absolute Gasteiger partial charge is 0.385 e. The molecule has 19 heavy (non-hydrogen) atoms. The van der Waals surface area contributed by atoms with Gasteiger partial charge in [-0.1, -0.05) is 11.6 Å². The monoisotopic (exact) mass is 258 g/mol. The van der Waals surface area contributed by atoms with E-state index in [9.17, 15) is 4.79 Å². The number of carbonyl (C=O) groups is 1. The van der Waals surface area contributed by atoms with Crippen molar-refractivity contribution in [3.8, 4) is 0 Å². The summed E-state index contributed by atoms with van der Waals surface area (Å²) >= 11 is 0. The first kappa shape index (κ1) is 13.1. The van der Waals surface area contributed by atoms with E-state index >= 15 is 0 Å². The van der Waals surface area contributed by atoms with Crippen LogP contribution in [0, 0.1) is 6.92 Å². The molecule has 2 aromatic rings. The van der Waals surface area contributed by atoms with Crippen molar-refractivity contribution in [1.29, 1.82) is 0 Å². The second-order valence-corrected chi connectivity index (χ2v) is 4.30. The molecular weight excluding hydrogens is 240 g/mol. The highest BCUT2D eigenvalue weighted by Crippen LogP contribution is 2.17. The first-order valence-electron chi connectivity index (χ1n) is 6.31. The number of imidazole rings is 1. The van der Waals surface area contributed by atoms with Crippen molar-refractivity contribution in [2.75, 3.05) is 11.9 Å². The molecule has 0 radical (unpaired) electrons. The Balaban J connectivity index is 2.11. The third-order valence-electron chi connectivity index (χ3n) is 2.76. The molecule has 0 atom stereocenters. The van der Waals surface area contributed by atoms with Crippen molar-refractivity contribution in [3.05, 3.63) is 47.5 Å². The minimum atomic E-state index is -0.101. The maximum absolute atomic E-state index is 12.2. The van der Waals surface area contributed by atoms with Crippen molar-refractivity contribution >= 4 is 11.6 Å². The summed E-state index contributed by atoms with van der Waals surface area (Å²) < 4.78 is 0. The van der Waals surface area contributed by atoms with Crippen LogP contribution in [0.4, 0.5) is 5.69 Å². The van der Waals surface area contributed by atoms with Gasteiger partial charge in [0, 0.05) is 24.6 Å². The van der Waals surface area contributed by atoms with Gasteiger partial charge in [-0.3, -0.25) is 4.79 Å². The van der Waals surface area contributed by atoms with Crippen molar-refractivity contribution < 1.29 is 4.79 Å². The van der Waals surface area contributed by atoms with Crippen LogP contribution in [0.2, 0.25) is 0 Å². The zero-order valence-electron chi connectivity index (χ0n) is 11.2. The number of amides is 1. The average molecular weight is 258 g/mol. The van der Waals surface area contributed by atoms with E-state index in [1.165, 1.54) is 0 Å². The number of anilines is 1. The molecule has 0 unspecified atom stereocenters. The van der Waals surface area contributed by atoms with Gasteiger partial charge in [0.15, 0.2) is 0 Å². The van der Waals surface area contributed by atoms with Crippen LogP contribution >= 0.6 is 0 Å². The summed E-state index contributed by atoms with van der Waals surface area (Å²) in [4.78, 5) is 19.2. The van der Waals surface area contributed by atoms with Gasteiger partial charge in [-0.25, -0.2) is 4.98 Å². The van der Waals surface area contributed by atoms with Crippen LogP contribution in [0.3, 0.4) is 0 Å². The smallest absolute Gasteiger partial charge is 0.253 e. The quantitative estimate of drug-likeness (QED) is 0.769. The summed E-state index contributed by atoms with van der Waals surface area (Å²) in [6, 6.07) is 5.80. The predicted octanol–water partition coefficient (Wildman–Crippen LogP) is 2.08. The van der Waals surface area contributed by atoms with Gasteiger partial charge in [0.05, 0.1) is 12.1 Å². The lowest BCUT2D eigenvalue weighted by Gasteiger charge is -2.11. The van der Waals surface area contributed by atoms with Crippen molar-refractivity contribution in [2.24, 2.45) is 0 Å². The van der Waals surface area contributed by atoms with E-state index in [0.717, 1.165) is 23.6 Å². The SMILES string of the molecule is CCNc1ccc(C)cc1C(=O)NCc1ncc[nH]1. The third-order valence-corrected chi connectivity index (χ3v) is 2.76. The number of hydrogen-bond acceptors (Lipinski definition) is 3. The zero-order valence-corrected chi connectivity index (χ0v) is 11.2. The number of nitrogens with one attached hydrogen (secondary N) is 3. The van der Waals surface area contributed by atoms with Crippen molar-refractivity contribution in [2.45, 2.75) is 20.4 Å². The first-order chi connectivity index (χ1) is 9.20. The number of H-pyrrole nitrogens is 1. The first-order valence-corrected chi connectivity index (χ1v) is 6.31. The molecule has 5 heteroatoms. The van der Waals surface area contributed by atoms with E-state index in [0.29, 0.717) is 12.1 Å². The van der Waals surface area contributed by atoms with Gasteiger partial charge in [0.1, 0.15) is 5.82 Å². The Morgan fingerprint density at radius 3 is 2.95 bits per heavy atom.